The number of carboxylic acids is 1. The highest BCUT2D eigenvalue weighted by Gasteiger charge is 2.37. The Morgan fingerprint density at radius 1 is 1.19 bits per heavy atom. The maximum absolute atomic E-state index is 13.0. The van der Waals surface area contributed by atoms with Crippen molar-refractivity contribution < 1.29 is 24.0 Å². The summed E-state index contributed by atoms with van der Waals surface area (Å²) in [6, 6.07) is 15.8. The first-order valence-electron chi connectivity index (χ1n) is 8.34. The first-order valence-corrected chi connectivity index (χ1v) is 8.34. The standard InChI is InChI=1S/C20H16N2O5/c1-26-17-9-5-3-7-13(17)18-10-15(21-27-18)19(23)22-11-14(20(24)25)12-6-2-4-8-16(12)22/h2-10,14H,11H2,1H3,(H,24,25). The van der Waals surface area contributed by atoms with E-state index in [4.69, 9.17) is 9.26 Å². The van der Waals surface area contributed by atoms with E-state index in [1.165, 1.54) is 11.0 Å². The normalized spacial score (nSPS) is 15.4. The first kappa shape index (κ1) is 16.8. The van der Waals surface area contributed by atoms with Gasteiger partial charge < -0.3 is 19.3 Å². The third-order valence-electron chi connectivity index (χ3n) is 4.61. The molecule has 0 saturated heterocycles. The number of nitrogens with zero attached hydrogens (tertiary/aromatic N) is 2. The predicted molar refractivity (Wildman–Crippen MR) is 97.0 cm³/mol. The molecule has 4 rings (SSSR count). The average Bonchev–Trinajstić information content (AvgIpc) is 3.33. The van der Waals surface area contributed by atoms with Crippen LogP contribution in [0.25, 0.3) is 11.3 Å². The molecule has 0 fully saturated rings. The van der Waals surface area contributed by atoms with Gasteiger partial charge in [-0.3, -0.25) is 9.59 Å². The van der Waals surface area contributed by atoms with Crippen molar-refractivity contribution in [3.8, 4) is 17.1 Å². The molecule has 1 aromatic heterocycles. The van der Waals surface area contributed by atoms with Gasteiger partial charge in [0, 0.05) is 18.3 Å². The van der Waals surface area contributed by atoms with Gasteiger partial charge in [0.05, 0.1) is 12.7 Å². The van der Waals surface area contributed by atoms with E-state index in [2.05, 4.69) is 5.16 Å². The molecular formula is C20H16N2O5. The zero-order chi connectivity index (χ0) is 19.0. The lowest BCUT2D eigenvalue weighted by molar-refractivity contribution is -0.138. The maximum atomic E-state index is 13.0. The summed E-state index contributed by atoms with van der Waals surface area (Å²) in [5.74, 6) is -1.13. The van der Waals surface area contributed by atoms with Crippen LogP contribution >= 0.6 is 0 Å². The number of amides is 1. The highest BCUT2D eigenvalue weighted by molar-refractivity contribution is 6.08. The Morgan fingerprint density at radius 2 is 1.93 bits per heavy atom. The second kappa shape index (κ2) is 6.60. The molecule has 1 unspecified atom stereocenters. The van der Waals surface area contributed by atoms with Crippen molar-refractivity contribution >= 4 is 17.6 Å². The van der Waals surface area contributed by atoms with Crippen molar-refractivity contribution in [3.63, 3.8) is 0 Å². The zero-order valence-electron chi connectivity index (χ0n) is 14.5. The highest BCUT2D eigenvalue weighted by Crippen LogP contribution is 2.37. The number of hydrogen-bond donors (Lipinski definition) is 1. The number of carbonyl (C=O) groups excluding carboxylic acids is 1. The van der Waals surface area contributed by atoms with E-state index < -0.39 is 17.8 Å². The Labute approximate surface area is 154 Å². The quantitative estimate of drug-likeness (QED) is 0.764. The van der Waals surface area contributed by atoms with Gasteiger partial charge in [-0.25, -0.2) is 0 Å². The van der Waals surface area contributed by atoms with Crippen LogP contribution in [0.1, 0.15) is 22.0 Å². The minimum atomic E-state index is -0.965. The van der Waals surface area contributed by atoms with Crippen LogP contribution in [0.5, 0.6) is 5.75 Å². The van der Waals surface area contributed by atoms with Crippen molar-refractivity contribution in [1.82, 2.24) is 5.16 Å². The maximum Gasteiger partial charge on any atom is 0.312 e. The number of carbonyl (C=O) groups is 2. The Hall–Kier alpha value is -3.61. The zero-order valence-corrected chi connectivity index (χ0v) is 14.5. The monoisotopic (exact) mass is 364 g/mol. The van der Waals surface area contributed by atoms with Gasteiger partial charge in [-0.05, 0) is 23.8 Å². The van der Waals surface area contributed by atoms with E-state index in [9.17, 15) is 14.7 Å². The number of fused-ring (bicyclic) bond motifs is 1. The fourth-order valence-corrected chi connectivity index (χ4v) is 3.30. The number of para-hydroxylation sites is 2. The molecule has 27 heavy (non-hydrogen) atoms. The van der Waals surface area contributed by atoms with Crippen LogP contribution in [0.15, 0.2) is 59.1 Å². The van der Waals surface area contributed by atoms with Gasteiger partial charge in [-0.2, -0.15) is 0 Å². The topological polar surface area (TPSA) is 92.9 Å². The van der Waals surface area contributed by atoms with Crippen LogP contribution in [0.3, 0.4) is 0 Å². The number of rotatable bonds is 4. The molecule has 0 bridgehead atoms. The van der Waals surface area contributed by atoms with Crippen LogP contribution < -0.4 is 9.64 Å². The van der Waals surface area contributed by atoms with Crippen molar-refractivity contribution in [1.29, 1.82) is 0 Å². The van der Waals surface area contributed by atoms with Crippen molar-refractivity contribution in [3.05, 3.63) is 65.9 Å². The number of anilines is 1. The lowest BCUT2D eigenvalue weighted by Gasteiger charge is -2.15. The Morgan fingerprint density at radius 3 is 2.70 bits per heavy atom. The van der Waals surface area contributed by atoms with E-state index in [1.807, 2.05) is 12.1 Å². The summed E-state index contributed by atoms with van der Waals surface area (Å²) in [5.41, 5.74) is 1.98. The van der Waals surface area contributed by atoms with Crippen LogP contribution in [-0.2, 0) is 4.79 Å². The van der Waals surface area contributed by atoms with E-state index in [-0.39, 0.29) is 12.2 Å². The van der Waals surface area contributed by atoms with Gasteiger partial charge in [-0.1, -0.05) is 35.5 Å². The van der Waals surface area contributed by atoms with Crippen LogP contribution in [0.2, 0.25) is 0 Å². The molecular weight excluding hydrogens is 348 g/mol. The Kier molecular flexibility index (Phi) is 4.12. The molecule has 1 amide bonds. The second-order valence-electron chi connectivity index (χ2n) is 6.14. The largest absolute Gasteiger partial charge is 0.496 e. The van der Waals surface area contributed by atoms with E-state index in [0.29, 0.717) is 28.3 Å². The number of aromatic nitrogens is 1. The molecule has 0 aliphatic carbocycles. The number of methoxy groups -OCH3 is 1. The fraction of sp³-hybridized carbons (Fsp3) is 0.150. The third kappa shape index (κ3) is 2.83. The van der Waals surface area contributed by atoms with Crippen molar-refractivity contribution in [2.24, 2.45) is 0 Å². The Bertz CT molecular complexity index is 1030. The number of ether oxygens (including phenoxy) is 1. The molecule has 136 valence electrons. The number of benzene rings is 2. The molecule has 1 N–H and O–H groups in total. The highest BCUT2D eigenvalue weighted by atomic mass is 16.5. The number of carboxylic acid groups (broad SMARTS) is 1. The molecule has 0 saturated carbocycles. The SMILES string of the molecule is COc1ccccc1-c1cc(C(=O)N2CC(C(=O)O)c3ccccc32)no1. The molecule has 1 aliphatic rings. The average molecular weight is 364 g/mol. The summed E-state index contributed by atoms with van der Waals surface area (Å²) < 4.78 is 10.7. The summed E-state index contributed by atoms with van der Waals surface area (Å²) in [5, 5.41) is 13.3. The summed E-state index contributed by atoms with van der Waals surface area (Å²) in [7, 11) is 1.55. The lowest BCUT2D eigenvalue weighted by Crippen LogP contribution is -2.31. The Balaban J connectivity index is 1.67. The summed E-state index contributed by atoms with van der Waals surface area (Å²) in [6.07, 6.45) is 0. The van der Waals surface area contributed by atoms with E-state index in [0.717, 1.165) is 0 Å². The molecule has 7 heteroatoms. The number of aliphatic carboxylic acids is 1. The molecule has 2 aromatic carbocycles. The lowest BCUT2D eigenvalue weighted by atomic mass is 10.0. The molecule has 0 spiro atoms. The summed E-state index contributed by atoms with van der Waals surface area (Å²) in [4.78, 5) is 25.9. The summed E-state index contributed by atoms with van der Waals surface area (Å²) >= 11 is 0. The van der Waals surface area contributed by atoms with Crippen LogP contribution in [-0.4, -0.2) is 35.8 Å². The minimum Gasteiger partial charge on any atom is -0.496 e. The molecule has 1 atom stereocenters. The fourth-order valence-electron chi connectivity index (χ4n) is 3.30. The molecule has 2 heterocycles. The molecule has 1 aliphatic heterocycles. The van der Waals surface area contributed by atoms with Gasteiger partial charge in [0.1, 0.15) is 11.7 Å². The van der Waals surface area contributed by atoms with Crippen LogP contribution in [0, 0.1) is 0 Å². The van der Waals surface area contributed by atoms with Gasteiger partial charge in [0.15, 0.2) is 11.5 Å². The molecule has 7 nitrogen and oxygen atoms in total. The minimum absolute atomic E-state index is 0.0599. The summed E-state index contributed by atoms with van der Waals surface area (Å²) in [6.45, 7) is 0.0599. The van der Waals surface area contributed by atoms with Gasteiger partial charge in [-0.15, -0.1) is 0 Å². The van der Waals surface area contributed by atoms with Gasteiger partial charge in [0.25, 0.3) is 5.91 Å². The second-order valence-corrected chi connectivity index (χ2v) is 6.14. The third-order valence-corrected chi connectivity index (χ3v) is 4.61. The van der Waals surface area contributed by atoms with Gasteiger partial charge >= 0.3 is 5.97 Å². The first-order chi connectivity index (χ1) is 13.1. The number of hydrogen-bond acceptors (Lipinski definition) is 5. The molecule has 3 aromatic rings. The van der Waals surface area contributed by atoms with Crippen LogP contribution in [0.4, 0.5) is 5.69 Å². The van der Waals surface area contributed by atoms with E-state index in [1.54, 1.807) is 43.5 Å². The molecule has 0 radical (unpaired) electrons. The van der Waals surface area contributed by atoms with Gasteiger partial charge in [0.2, 0.25) is 0 Å². The smallest absolute Gasteiger partial charge is 0.312 e. The van der Waals surface area contributed by atoms with E-state index >= 15 is 0 Å². The van der Waals surface area contributed by atoms with Crippen molar-refractivity contribution in [2.75, 3.05) is 18.6 Å². The van der Waals surface area contributed by atoms with Crippen molar-refractivity contribution in [2.45, 2.75) is 5.92 Å². The predicted octanol–water partition coefficient (Wildman–Crippen LogP) is 3.18.